The third-order valence-electron chi connectivity index (χ3n) is 10.9. The maximum atomic E-state index is 13.9. The van der Waals surface area contributed by atoms with Gasteiger partial charge in [-0.25, -0.2) is 0 Å². The van der Waals surface area contributed by atoms with E-state index in [0.717, 1.165) is 0 Å². The summed E-state index contributed by atoms with van der Waals surface area (Å²) in [7, 11) is 0. The van der Waals surface area contributed by atoms with Crippen LogP contribution in [0, 0.1) is 11.8 Å². The zero-order valence-corrected chi connectivity index (χ0v) is 41.1. The van der Waals surface area contributed by atoms with Crippen molar-refractivity contribution in [3.8, 4) is 0 Å². The monoisotopic (exact) mass is 1020 g/mol. The van der Waals surface area contributed by atoms with Gasteiger partial charge in [0.05, 0.1) is 12.1 Å². The second-order valence-corrected chi connectivity index (χ2v) is 16.9. The first-order chi connectivity index (χ1) is 33.8. The van der Waals surface area contributed by atoms with Crippen LogP contribution in [0.4, 0.5) is 0 Å². The Kier molecular flexibility index (Phi) is 32.5. The van der Waals surface area contributed by atoms with Gasteiger partial charge in [0.15, 0.2) is 35.8 Å². The van der Waals surface area contributed by atoms with Crippen molar-refractivity contribution in [3.05, 3.63) is 0 Å². The molecule has 0 spiro atoms. The summed E-state index contributed by atoms with van der Waals surface area (Å²) < 4.78 is 0. The summed E-state index contributed by atoms with van der Waals surface area (Å²) >= 11 is 0. The zero-order chi connectivity index (χ0) is 54.8. The first-order valence-electron chi connectivity index (χ1n) is 23.5. The second kappa shape index (κ2) is 36.3. The van der Waals surface area contributed by atoms with Crippen molar-refractivity contribution >= 4 is 71.2 Å². The molecule has 0 saturated heterocycles. The van der Waals surface area contributed by atoms with Gasteiger partial charge in [-0.15, -0.1) is 0 Å². The van der Waals surface area contributed by atoms with Gasteiger partial charge in [0.25, 0.3) is 0 Å². The molecular formula is C40H84N26O6. The van der Waals surface area contributed by atoms with E-state index in [1.165, 1.54) is 0 Å². The molecule has 0 fully saturated rings. The first-order valence-corrected chi connectivity index (χ1v) is 23.5. The van der Waals surface area contributed by atoms with Crippen molar-refractivity contribution in [1.29, 1.82) is 0 Å². The van der Waals surface area contributed by atoms with E-state index in [2.05, 4.69) is 51.2 Å². The number of nitrogens with one attached hydrogen (secondary N) is 4. The van der Waals surface area contributed by atoms with Crippen LogP contribution in [0.25, 0.3) is 0 Å². The van der Waals surface area contributed by atoms with Gasteiger partial charge < -0.3 is 113 Å². The molecule has 32 heteroatoms. The summed E-state index contributed by atoms with van der Waals surface area (Å²) in [5.41, 5.74) is 89.7. The number of carbonyl (C=O) groups is 6. The van der Waals surface area contributed by atoms with Crippen LogP contribution < -0.4 is 113 Å². The topological polar surface area (TPSA) is 641 Å². The quantitative estimate of drug-likeness (QED) is 0.0154. The number of aliphatic imine (C=N–C) groups is 6. The molecule has 6 amide bonds. The number of nitrogens with zero attached hydrogens (tertiary/aromatic N) is 6. The predicted octanol–water partition coefficient (Wildman–Crippen LogP) is -9.11. The Morgan fingerprint density at radius 1 is 0.306 bits per heavy atom. The van der Waals surface area contributed by atoms with Crippen molar-refractivity contribution in [2.45, 2.75) is 126 Å². The molecule has 0 aromatic heterocycles. The van der Waals surface area contributed by atoms with Crippen molar-refractivity contribution < 1.29 is 28.8 Å². The van der Waals surface area contributed by atoms with Crippen molar-refractivity contribution in [1.82, 2.24) is 21.3 Å². The highest BCUT2D eigenvalue weighted by Crippen LogP contribution is 2.24. The predicted molar refractivity (Wildman–Crippen MR) is 278 cm³/mol. The summed E-state index contributed by atoms with van der Waals surface area (Å²) in [6.45, 7) is 0.779. The Bertz CT molecular complexity index is 1740. The van der Waals surface area contributed by atoms with Gasteiger partial charge in [0.1, 0.15) is 24.2 Å². The Hall–Kier alpha value is -7.64. The van der Waals surface area contributed by atoms with Gasteiger partial charge in [-0.1, -0.05) is 12.8 Å². The van der Waals surface area contributed by atoms with E-state index in [9.17, 15) is 28.8 Å². The molecule has 8 atom stereocenters. The molecule has 8 unspecified atom stereocenters. The Balaban J connectivity index is 6.56. The van der Waals surface area contributed by atoms with Crippen molar-refractivity contribution in [2.24, 2.45) is 134 Å². The van der Waals surface area contributed by atoms with E-state index in [4.69, 9.17) is 91.7 Å². The van der Waals surface area contributed by atoms with Gasteiger partial charge in [-0.05, 0) is 88.9 Å². The molecule has 0 aromatic rings. The van der Waals surface area contributed by atoms with E-state index in [0.29, 0.717) is 25.7 Å². The number of nitrogens with two attached hydrogens (primary N) is 16. The number of hydrogen-bond acceptors (Lipinski definition) is 14. The van der Waals surface area contributed by atoms with Crippen LogP contribution in [-0.2, 0) is 28.8 Å². The molecule has 0 radical (unpaired) electrons. The number of carbonyl (C=O) groups excluding carboxylic acids is 6. The summed E-state index contributed by atoms with van der Waals surface area (Å²) in [5, 5.41) is 10.7. The van der Waals surface area contributed by atoms with E-state index in [1.54, 1.807) is 0 Å². The van der Waals surface area contributed by atoms with E-state index < -0.39 is 83.5 Å². The molecule has 72 heavy (non-hydrogen) atoms. The SMILES string of the molecule is NC(=O)C(NC(=O)C(CCCN=C(N)N)NC(=O)C(N)CCCN=C(N)N)C(CCCCC(CCN=C(N)N)C(NC(=O)C(CCCN=C(N)N)NC(=O)C(N)CCCN=C(N)N)C(N)=O)CCN=C(N)N. The van der Waals surface area contributed by atoms with Crippen LogP contribution >= 0.6 is 0 Å². The highest BCUT2D eigenvalue weighted by atomic mass is 16.2. The van der Waals surface area contributed by atoms with E-state index >= 15 is 0 Å². The fraction of sp³-hybridized carbons (Fsp3) is 0.700. The average Bonchev–Trinajstić information content (AvgIpc) is 3.28. The average molecular weight is 1030 g/mol. The number of hydrogen-bond donors (Lipinski definition) is 20. The number of primary amides is 2. The molecule has 32 nitrogen and oxygen atoms in total. The lowest BCUT2D eigenvalue weighted by atomic mass is 9.86. The van der Waals surface area contributed by atoms with Gasteiger partial charge in [-0.3, -0.25) is 58.7 Å². The Morgan fingerprint density at radius 3 is 0.833 bits per heavy atom. The molecule has 0 aliphatic heterocycles. The fourth-order valence-corrected chi connectivity index (χ4v) is 7.24. The third kappa shape index (κ3) is 30.8. The molecule has 0 bridgehead atoms. The van der Waals surface area contributed by atoms with Crippen molar-refractivity contribution in [3.63, 3.8) is 0 Å². The number of unbranched alkanes of at least 4 members (excludes halogenated alkanes) is 1. The van der Waals surface area contributed by atoms with E-state index in [-0.39, 0.29) is 139 Å². The first kappa shape index (κ1) is 64.4. The van der Waals surface area contributed by atoms with Crippen LogP contribution in [-0.4, -0.2) is 147 Å². The molecule has 0 heterocycles. The lowest BCUT2D eigenvalue weighted by molar-refractivity contribution is -0.132. The van der Waals surface area contributed by atoms with Gasteiger partial charge in [-0.2, -0.15) is 0 Å². The standard InChI is InChI=1S/C40H84N26O6/c41-23(9-3-15-57-35(45)46)31(69)63-25(11-5-17-59-37(49)50)33(71)65-27(29(43)67)21(13-19-61-39(53)54)7-1-2-8-22(14-20-62-40(55)56)28(30(44)68)66-34(72)26(12-6-18-60-38(51)52)64-32(70)24(42)10-4-16-58-36(47)48/h21-28H,1-20,41-42H2,(H2,43,67)(H2,44,68)(H,63,69)(H,64,70)(H,65,71)(H,66,72)(H4,45,46,57)(H4,47,48,58)(H4,49,50,59)(H4,51,52,60)(H4,53,54,61)(H4,55,56,62). The largest absolute Gasteiger partial charge is 0.370 e. The zero-order valence-electron chi connectivity index (χ0n) is 41.1. The molecule has 410 valence electrons. The van der Waals surface area contributed by atoms with Gasteiger partial charge in [0, 0.05) is 39.3 Å². The minimum Gasteiger partial charge on any atom is -0.370 e. The Labute approximate surface area is 419 Å². The minimum absolute atomic E-state index is 0.0401. The molecule has 0 aliphatic rings. The van der Waals surface area contributed by atoms with Crippen LogP contribution in [0.2, 0.25) is 0 Å². The van der Waals surface area contributed by atoms with E-state index in [1.807, 2.05) is 0 Å². The smallest absolute Gasteiger partial charge is 0.243 e. The maximum absolute atomic E-state index is 13.9. The number of amides is 6. The van der Waals surface area contributed by atoms with Crippen molar-refractivity contribution in [2.75, 3.05) is 39.3 Å². The van der Waals surface area contributed by atoms with Gasteiger partial charge in [0.2, 0.25) is 35.4 Å². The maximum Gasteiger partial charge on any atom is 0.243 e. The third-order valence-corrected chi connectivity index (χ3v) is 10.9. The Morgan fingerprint density at radius 2 is 0.569 bits per heavy atom. The summed E-state index contributed by atoms with van der Waals surface area (Å²) in [4.78, 5) is 104. The van der Waals surface area contributed by atoms with Crippen LogP contribution in [0.1, 0.15) is 89.9 Å². The number of rotatable bonds is 39. The summed E-state index contributed by atoms with van der Waals surface area (Å²) in [5.74, 6) is -6.92. The molecule has 0 aliphatic carbocycles. The minimum atomic E-state index is -1.29. The lowest BCUT2D eigenvalue weighted by Gasteiger charge is -2.29. The molecule has 0 saturated carbocycles. The normalized spacial score (nSPS) is 14.1. The number of guanidine groups is 6. The molecule has 0 aromatic carbocycles. The highest BCUT2D eigenvalue weighted by molar-refractivity contribution is 5.94. The van der Waals surface area contributed by atoms with Crippen LogP contribution in [0.15, 0.2) is 30.0 Å². The fourth-order valence-electron chi connectivity index (χ4n) is 7.24. The summed E-state index contributed by atoms with van der Waals surface area (Å²) in [6.07, 6.45) is 3.23. The molecule has 0 rings (SSSR count). The molecule has 36 N–H and O–H groups in total. The highest BCUT2D eigenvalue weighted by Gasteiger charge is 2.34. The van der Waals surface area contributed by atoms with Gasteiger partial charge >= 0.3 is 0 Å². The lowest BCUT2D eigenvalue weighted by Crippen LogP contribution is -2.57. The van der Waals surface area contributed by atoms with Crippen LogP contribution in [0.5, 0.6) is 0 Å². The summed E-state index contributed by atoms with van der Waals surface area (Å²) in [6, 6.07) is -7.06. The second-order valence-electron chi connectivity index (χ2n) is 16.9. The van der Waals surface area contributed by atoms with Crippen LogP contribution in [0.3, 0.4) is 0 Å². The molecular weight excluding hydrogens is 941 g/mol.